The van der Waals surface area contributed by atoms with Crippen molar-refractivity contribution in [3.8, 4) is 5.75 Å². The molecule has 0 aromatic heterocycles. The van der Waals surface area contributed by atoms with Gasteiger partial charge in [-0.15, -0.1) is 0 Å². The first kappa shape index (κ1) is 12.9. The summed E-state index contributed by atoms with van der Waals surface area (Å²) in [5.41, 5.74) is 0. The molecule has 0 amide bonds. The first-order valence-corrected chi connectivity index (χ1v) is 6.75. The highest BCUT2D eigenvalue weighted by Gasteiger charge is 2.15. The topological polar surface area (TPSA) is 21.7 Å². The Kier molecular flexibility index (Phi) is 4.83. The maximum absolute atomic E-state index is 5.71. The van der Waals surface area contributed by atoms with Crippen molar-refractivity contribution in [3.63, 3.8) is 0 Å². The second-order valence-corrected chi connectivity index (χ2v) is 5.20. The largest absolute Gasteiger partial charge is 0.492 e. The quantitative estimate of drug-likeness (QED) is 0.853. The predicted molar refractivity (Wildman–Crippen MR) is 71.5 cm³/mol. The second-order valence-electron chi connectivity index (χ2n) is 4.29. The molecule has 1 atom stereocenters. The first-order chi connectivity index (χ1) is 8.24. The van der Waals surface area contributed by atoms with Gasteiger partial charge in [-0.05, 0) is 25.1 Å². The van der Waals surface area contributed by atoms with Crippen molar-refractivity contribution in [2.24, 2.45) is 0 Å². The van der Waals surface area contributed by atoms with Gasteiger partial charge in [0.15, 0.2) is 0 Å². The number of morpholine rings is 1. The molecule has 1 aliphatic rings. The summed E-state index contributed by atoms with van der Waals surface area (Å²) in [5, 5.41) is 0. The van der Waals surface area contributed by atoms with Crippen LogP contribution in [0.5, 0.6) is 5.75 Å². The third-order valence-corrected chi connectivity index (χ3v) is 3.29. The van der Waals surface area contributed by atoms with Gasteiger partial charge in [0, 0.05) is 24.1 Å². The van der Waals surface area contributed by atoms with Gasteiger partial charge in [-0.25, -0.2) is 0 Å². The Labute approximate surface area is 111 Å². The van der Waals surface area contributed by atoms with Crippen molar-refractivity contribution in [3.05, 3.63) is 28.7 Å². The first-order valence-electron chi connectivity index (χ1n) is 5.96. The lowest BCUT2D eigenvalue weighted by molar-refractivity contribution is -0.0214. The van der Waals surface area contributed by atoms with Crippen LogP contribution in [-0.4, -0.2) is 43.9 Å². The molecule has 94 valence electrons. The summed E-state index contributed by atoms with van der Waals surface area (Å²) in [6, 6.07) is 7.95. The molecule has 0 N–H and O–H groups in total. The fraction of sp³-hybridized carbons (Fsp3) is 0.538. The van der Waals surface area contributed by atoms with Crippen molar-refractivity contribution >= 4 is 15.9 Å². The Morgan fingerprint density at radius 1 is 1.53 bits per heavy atom. The molecule has 3 nitrogen and oxygen atoms in total. The van der Waals surface area contributed by atoms with E-state index in [1.54, 1.807) is 0 Å². The normalized spacial score (nSPS) is 21.4. The van der Waals surface area contributed by atoms with Crippen LogP contribution < -0.4 is 4.74 Å². The van der Waals surface area contributed by atoms with Gasteiger partial charge in [0.05, 0.1) is 12.7 Å². The summed E-state index contributed by atoms with van der Waals surface area (Å²) in [4.78, 5) is 2.38. The standard InChI is InChI=1S/C13H18BrNO2/c1-11-10-15(5-7-16-11)6-8-17-13-4-2-3-12(14)9-13/h2-4,9,11H,5-8,10H2,1H3. The fourth-order valence-corrected chi connectivity index (χ4v) is 2.32. The lowest BCUT2D eigenvalue weighted by Gasteiger charge is -2.30. The Morgan fingerprint density at radius 3 is 3.18 bits per heavy atom. The maximum atomic E-state index is 5.71. The number of ether oxygens (including phenoxy) is 2. The molecule has 1 unspecified atom stereocenters. The van der Waals surface area contributed by atoms with Crippen LogP contribution in [0.3, 0.4) is 0 Å². The number of nitrogens with zero attached hydrogens (tertiary/aromatic N) is 1. The smallest absolute Gasteiger partial charge is 0.120 e. The lowest BCUT2D eigenvalue weighted by atomic mass is 10.3. The summed E-state index contributed by atoms with van der Waals surface area (Å²) in [7, 11) is 0. The molecule has 1 saturated heterocycles. The van der Waals surface area contributed by atoms with E-state index in [9.17, 15) is 0 Å². The van der Waals surface area contributed by atoms with Crippen LogP contribution >= 0.6 is 15.9 Å². The molecule has 1 fully saturated rings. The van der Waals surface area contributed by atoms with E-state index in [1.165, 1.54) is 0 Å². The van der Waals surface area contributed by atoms with Crippen LogP contribution in [0.4, 0.5) is 0 Å². The second kappa shape index (κ2) is 6.38. The van der Waals surface area contributed by atoms with E-state index >= 15 is 0 Å². The minimum atomic E-state index is 0.342. The molecule has 4 heteroatoms. The monoisotopic (exact) mass is 299 g/mol. The number of halogens is 1. The molecule has 1 aromatic carbocycles. The molecule has 1 aliphatic heterocycles. The van der Waals surface area contributed by atoms with Gasteiger partial charge in [-0.1, -0.05) is 22.0 Å². The third-order valence-electron chi connectivity index (χ3n) is 2.80. The maximum Gasteiger partial charge on any atom is 0.120 e. The van der Waals surface area contributed by atoms with E-state index in [2.05, 4.69) is 27.8 Å². The summed E-state index contributed by atoms with van der Waals surface area (Å²) in [6.07, 6.45) is 0.342. The molecular weight excluding hydrogens is 282 g/mol. The van der Waals surface area contributed by atoms with E-state index in [0.29, 0.717) is 6.10 Å². The van der Waals surface area contributed by atoms with Gasteiger partial charge in [0.25, 0.3) is 0 Å². The van der Waals surface area contributed by atoms with Crippen molar-refractivity contribution < 1.29 is 9.47 Å². The molecule has 0 spiro atoms. The summed E-state index contributed by atoms with van der Waals surface area (Å²) in [5.74, 6) is 0.917. The Morgan fingerprint density at radius 2 is 2.41 bits per heavy atom. The lowest BCUT2D eigenvalue weighted by Crippen LogP contribution is -2.42. The van der Waals surface area contributed by atoms with E-state index in [1.807, 2.05) is 24.3 Å². The van der Waals surface area contributed by atoms with Gasteiger partial charge >= 0.3 is 0 Å². The van der Waals surface area contributed by atoms with Gasteiger partial charge in [0.1, 0.15) is 12.4 Å². The summed E-state index contributed by atoms with van der Waals surface area (Å²) in [6.45, 7) is 6.64. The van der Waals surface area contributed by atoms with Gasteiger partial charge in [-0.3, -0.25) is 4.90 Å². The van der Waals surface area contributed by atoms with Crippen LogP contribution in [-0.2, 0) is 4.74 Å². The minimum Gasteiger partial charge on any atom is -0.492 e. The van der Waals surface area contributed by atoms with Gasteiger partial charge in [0.2, 0.25) is 0 Å². The molecule has 0 aliphatic carbocycles. The van der Waals surface area contributed by atoms with Crippen LogP contribution in [0, 0.1) is 0 Å². The van der Waals surface area contributed by atoms with Crippen LogP contribution in [0.25, 0.3) is 0 Å². The van der Waals surface area contributed by atoms with Crippen LogP contribution in [0.1, 0.15) is 6.92 Å². The van der Waals surface area contributed by atoms with Gasteiger partial charge in [-0.2, -0.15) is 0 Å². The Hall–Kier alpha value is -0.580. The van der Waals surface area contributed by atoms with Crippen LogP contribution in [0.2, 0.25) is 0 Å². The van der Waals surface area contributed by atoms with Crippen molar-refractivity contribution in [2.45, 2.75) is 13.0 Å². The fourth-order valence-electron chi connectivity index (χ4n) is 1.94. The number of hydrogen-bond donors (Lipinski definition) is 0. The molecule has 0 saturated carbocycles. The molecular formula is C13H18BrNO2. The highest BCUT2D eigenvalue weighted by molar-refractivity contribution is 9.10. The molecule has 0 radical (unpaired) electrons. The van der Waals surface area contributed by atoms with E-state index in [0.717, 1.165) is 43.1 Å². The van der Waals surface area contributed by atoms with E-state index in [-0.39, 0.29) is 0 Å². The summed E-state index contributed by atoms with van der Waals surface area (Å²) >= 11 is 3.43. The summed E-state index contributed by atoms with van der Waals surface area (Å²) < 4.78 is 12.3. The van der Waals surface area contributed by atoms with Crippen LogP contribution in [0.15, 0.2) is 28.7 Å². The SMILES string of the molecule is CC1CN(CCOc2cccc(Br)c2)CCO1. The zero-order valence-electron chi connectivity index (χ0n) is 10.1. The van der Waals surface area contributed by atoms with Crippen molar-refractivity contribution in [1.82, 2.24) is 4.90 Å². The molecule has 17 heavy (non-hydrogen) atoms. The Bertz CT molecular complexity index is 359. The molecule has 1 aromatic rings. The zero-order valence-corrected chi connectivity index (χ0v) is 11.6. The number of rotatable bonds is 4. The van der Waals surface area contributed by atoms with Gasteiger partial charge < -0.3 is 9.47 Å². The zero-order chi connectivity index (χ0) is 12.1. The molecule has 1 heterocycles. The van der Waals surface area contributed by atoms with Crippen molar-refractivity contribution in [2.75, 3.05) is 32.8 Å². The third kappa shape index (κ3) is 4.30. The van der Waals surface area contributed by atoms with E-state index < -0.39 is 0 Å². The minimum absolute atomic E-state index is 0.342. The highest BCUT2D eigenvalue weighted by Crippen LogP contribution is 2.17. The molecule has 0 bridgehead atoms. The Balaban J connectivity index is 1.72. The number of benzene rings is 1. The number of hydrogen-bond acceptors (Lipinski definition) is 3. The highest BCUT2D eigenvalue weighted by atomic mass is 79.9. The average Bonchev–Trinajstić information content (AvgIpc) is 2.29. The predicted octanol–water partition coefficient (Wildman–Crippen LogP) is 2.55. The average molecular weight is 300 g/mol. The van der Waals surface area contributed by atoms with E-state index in [4.69, 9.17) is 9.47 Å². The van der Waals surface area contributed by atoms with Crippen molar-refractivity contribution in [1.29, 1.82) is 0 Å². The molecule has 2 rings (SSSR count).